The summed E-state index contributed by atoms with van der Waals surface area (Å²) in [6.07, 6.45) is -7.16. The predicted molar refractivity (Wildman–Crippen MR) is 51.7 cm³/mol. The summed E-state index contributed by atoms with van der Waals surface area (Å²) in [6.45, 7) is 0. The first-order valence-electron chi connectivity index (χ1n) is 3.94. The van der Waals surface area contributed by atoms with Crippen molar-refractivity contribution in [1.29, 1.82) is 0 Å². The van der Waals surface area contributed by atoms with Crippen LogP contribution in [0.5, 0.6) is 5.75 Å². The molecule has 0 aromatic heterocycles. The number of methoxy groups -OCH3 is 1. The maximum atomic E-state index is 12.2. The molecule has 0 saturated heterocycles. The van der Waals surface area contributed by atoms with E-state index in [2.05, 4.69) is 15.9 Å². The third kappa shape index (κ3) is 2.85. The van der Waals surface area contributed by atoms with Crippen LogP contribution in [0.2, 0.25) is 0 Å². The number of hydrogen-bond acceptors (Lipinski definition) is 2. The van der Waals surface area contributed by atoms with Crippen LogP contribution in [-0.4, -0.2) is 18.4 Å². The van der Waals surface area contributed by atoms with Crippen LogP contribution in [-0.2, 0) is 0 Å². The standard InChI is InChI=1S/C9H8BrF3O2/c1-15-5-2-3-6(7(10)4-5)8(14)9(11,12)13/h2-4,8,14H,1H3/t8-/m1/s1. The van der Waals surface area contributed by atoms with Crippen LogP contribution in [0.4, 0.5) is 13.2 Å². The lowest BCUT2D eigenvalue weighted by molar-refractivity contribution is -0.207. The molecular formula is C9H8BrF3O2. The molecule has 0 radical (unpaired) electrons. The highest BCUT2D eigenvalue weighted by Gasteiger charge is 2.40. The van der Waals surface area contributed by atoms with Gasteiger partial charge in [-0.15, -0.1) is 0 Å². The molecule has 2 nitrogen and oxygen atoms in total. The van der Waals surface area contributed by atoms with Gasteiger partial charge in [0.25, 0.3) is 0 Å². The lowest BCUT2D eigenvalue weighted by Crippen LogP contribution is -2.20. The second kappa shape index (κ2) is 4.40. The lowest BCUT2D eigenvalue weighted by atomic mass is 10.1. The molecule has 0 aliphatic heterocycles. The Hall–Kier alpha value is -0.750. The molecule has 1 N–H and O–H groups in total. The molecule has 0 saturated carbocycles. The highest BCUT2D eigenvalue weighted by atomic mass is 79.9. The van der Waals surface area contributed by atoms with Crippen molar-refractivity contribution in [3.8, 4) is 5.75 Å². The summed E-state index contributed by atoms with van der Waals surface area (Å²) in [5, 5.41) is 9.01. The van der Waals surface area contributed by atoms with Crippen LogP contribution in [0.15, 0.2) is 22.7 Å². The quantitative estimate of drug-likeness (QED) is 0.905. The normalized spacial score (nSPS) is 13.7. The van der Waals surface area contributed by atoms with E-state index >= 15 is 0 Å². The van der Waals surface area contributed by atoms with Crippen molar-refractivity contribution in [2.45, 2.75) is 12.3 Å². The number of aliphatic hydroxyl groups is 1. The Bertz CT molecular complexity index is 352. The number of hydrogen-bond donors (Lipinski definition) is 1. The Labute approximate surface area is 92.8 Å². The average Bonchev–Trinajstić information content (AvgIpc) is 2.15. The van der Waals surface area contributed by atoms with Gasteiger partial charge in [-0.1, -0.05) is 22.0 Å². The zero-order chi connectivity index (χ0) is 11.6. The Kier molecular flexibility index (Phi) is 3.62. The topological polar surface area (TPSA) is 29.5 Å². The Balaban J connectivity index is 3.06. The summed E-state index contributed by atoms with van der Waals surface area (Å²) < 4.78 is 41.6. The van der Waals surface area contributed by atoms with E-state index in [1.54, 1.807) is 0 Å². The fraction of sp³-hybridized carbons (Fsp3) is 0.333. The molecule has 1 aromatic rings. The maximum absolute atomic E-state index is 12.2. The van der Waals surface area contributed by atoms with E-state index in [4.69, 9.17) is 9.84 Å². The highest BCUT2D eigenvalue weighted by molar-refractivity contribution is 9.10. The second-order valence-electron chi connectivity index (χ2n) is 2.83. The van der Waals surface area contributed by atoms with Gasteiger partial charge in [0.15, 0.2) is 6.10 Å². The van der Waals surface area contributed by atoms with E-state index < -0.39 is 12.3 Å². The van der Waals surface area contributed by atoms with E-state index in [1.165, 1.54) is 25.3 Å². The summed E-state index contributed by atoms with van der Waals surface area (Å²) in [5.74, 6) is 0.417. The smallest absolute Gasteiger partial charge is 0.418 e. The molecule has 84 valence electrons. The van der Waals surface area contributed by atoms with Crippen molar-refractivity contribution >= 4 is 15.9 Å². The van der Waals surface area contributed by atoms with Gasteiger partial charge in [-0.3, -0.25) is 0 Å². The molecule has 1 aromatic carbocycles. The molecule has 0 unspecified atom stereocenters. The van der Waals surface area contributed by atoms with Gasteiger partial charge >= 0.3 is 6.18 Å². The molecule has 6 heteroatoms. The minimum Gasteiger partial charge on any atom is -0.497 e. The van der Waals surface area contributed by atoms with Crippen molar-refractivity contribution < 1.29 is 23.0 Å². The summed E-state index contributed by atoms with van der Waals surface area (Å²) >= 11 is 2.94. The summed E-state index contributed by atoms with van der Waals surface area (Å²) in [4.78, 5) is 0. The van der Waals surface area contributed by atoms with Crippen LogP contribution in [0.3, 0.4) is 0 Å². The Morgan fingerprint density at radius 1 is 1.40 bits per heavy atom. The lowest BCUT2D eigenvalue weighted by Gasteiger charge is -2.16. The van der Waals surface area contributed by atoms with Gasteiger partial charge < -0.3 is 9.84 Å². The van der Waals surface area contributed by atoms with E-state index in [1.807, 2.05) is 0 Å². The molecule has 0 amide bonds. The van der Waals surface area contributed by atoms with E-state index in [9.17, 15) is 13.2 Å². The maximum Gasteiger partial charge on any atom is 0.418 e. The number of alkyl halides is 3. The third-order valence-corrected chi connectivity index (χ3v) is 2.50. The van der Waals surface area contributed by atoms with Crippen molar-refractivity contribution in [2.24, 2.45) is 0 Å². The molecule has 0 bridgehead atoms. The first kappa shape index (κ1) is 12.3. The van der Waals surface area contributed by atoms with Gasteiger partial charge in [0, 0.05) is 10.0 Å². The number of ether oxygens (including phenoxy) is 1. The number of aliphatic hydroxyl groups excluding tert-OH is 1. The molecule has 0 aliphatic carbocycles. The van der Waals surface area contributed by atoms with Crippen molar-refractivity contribution in [3.63, 3.8) is 0 Å². The minimum absolute atomic E-state index is 0.159. The first-order chi connectivity index (χ1) is 6.86. The third-order valence-electron chi connectivity index (χ3n) is 1.81. The summed E-state index contributed by atoms with van der Waals surface area (Å²) in [5.41, 5.74) is -0.233. The van der Waals surface area contributed by atoms with Crippen LogP contribution < -0.4 is 4.74 Å². The second-order valence-corrected chi connectivity index (χ2v) is 3.69. The molecule has 0 heterocycles. The van der Waals surface area contributed by atoms with Crippen molar-refractivity contribution in [3.05, 3.63) is 28.2 Å². The fourth-order valence-corrected chi connectivity index (χ4v) is 1.61. The van der Waals surface area contributed by atoms with Crippen LogP contribution in [0.25, 0.3) is 0 Å². The Morgan fingerprint density at radius 3 is 2.40 bits per heavy atom. The van der Waals surface area contributed by atoms with E-state index in [-0.39, 0.29) is 10.0 Å². The molecule has 15 heavy (non-hydrogen) atoms. The molecule has 0 aliphatic rings. The number of benzene rings is 1. The van der Waals surface area contributed by atoms with Gasteiger partial charge in [-0.2, -0.15) is 13.2 Å². The first-order valence-corrected chi connectivity index (χ1v) is 4.73. The van der Waals surface area contributed by atoms with E-state index in [0.717, 1.165) is 0 Å². The van der Waals surface area contributed by atoms with Gasteiger partial charge in [-0.05, 0) is 12.1 Å². The zero-order valence-corrected chi connectivity index (χ0v) is 9.26. The predicted octanol–water partition coefficient (Wildman–Crippen LogP) is 3.05. The zero-order valence-electron chi connectivity index (χ0n) is 7.68. The van der Waals surface area contributed by atoms with Gasteiger partial charge in [0.2, 0.25) is 0 Å². The van der Waals surface area contributed by atoms with Crippen molar-refractivity contribution in [1.82, 2.24) is 0 Å². The molecular weight excluding hydrogens is 277 g/mol. The molecule has 1 atom stereocenters. The van der Waals surface area contributed by atoms with Gasteiger partial charge in [-0.25, -0.2) is 0 Å². The molecule has 1 rings (SSSR count). The van der Waals surface area contributed by atoms with Crippen LogP contribution in [0.1, 0.15) is 11.7 Å². The minimum atomic E-state index is -4.67. The molecule has 0 spiro atoms. The number of halogens is 4. The SMILES string of the molecule is COc1ccc([C@@H](O)C(F)(F)F)c(Br)c1. The van der Waals surface area contributed by atoms with Gasteiger partial charge in [0.1, 0.15) is 5.75 Å². The largest absolute Gasteiger partial charge is 0.497 e. The fourth-order valence-electron chi connectivity index (χ4n) is 1.03. The van der Waals surface area contributed by atoms with Crippen LogP contribution in [0, 0.1) is 0 Å². The summed E-state index contributed by atoms with van der Waals surface area (Å²) in [6, 6.07) is 3.89. The van der Waals surface area contributed by atoms with Crippen molar-refractivity contribution in [2.75, 3.05) is 7.11 Å². The molecule has 0 fully saturated rings. The highest BCUT2D eigenvalue weighted by Crippen LogP contribution is 2.37. The average molecular weight is 285 g/mol. The van der Waals surface area contributed by atoms with Gasteiger partial charge in [0.05, 0.1) is 7.11 Å². The Morgan fingerprint density at radius 2 is 2.00 bits per heavy atom. The summed E-state index contributed by atoms with van der Waals surface area (Å²) in [7, 11) is 1.40. The van der Waals surface area contributed by atoms with Crippen LogP contribution >= 0.6 is 15.9 Å². The monoisotopic (exact) mass is 284 g/mol. The van der Waals surface area contributed by atoms with E-state index in [0.29, 0.717) is 5.75 Å². The number of rotatable bonds is 2.